The SMILES string of the molecule is Nc1ccc(S(=O)(=O)NCc2ccno2)c2ncccc12. The zero-order valence-corrected chi connectivity index (χ0v) is 11.7. The van der Waals surface area contributed by atoms with Gasteiger partial charge in [0.15, 0.2) is 5.76 Å². The van der Waals surface area contributed by atoms with E-state index < -0.39 is 10.0 Å². The molecular weight excluding hydrogens is 292 g/mol. The van der Waals surface area contributed by atoms with Gasteiger partial charge < -0.3 is 10.3 Å². The minimum atomic E-state index is -3.74. The molecule has 0 amide bonds. The molecule has 3 N–H and O–H groups in total. The van der Waals surface area contributed by atoms with Gasteiger partial charge in [-0.2, -0.15) is 0 Å². The van der Waals surface area contributed by atoms with Gasteiger partial charge in [0.2, 0.25) is 10.0 Å². The predicted octanol–water partition coefficient (Wildman–Crippen LogP) is 1.28. The quantitative estimate of drug-likeness (QED) is 0.702. The predicted molar refractivity (Wildman–Crippen MR) is 76.7 cm³/mol. The number of anilines is 1. The number of nitrogens with one attached hydrogen (secondary N) is 1. The lowest BCUT2D eigenvalue weighted by Crippen LogP contribution is -2.23. The number of benzene rings is 1. The fourth-order valence-corrected chi connectivity index (χ4v) is 3.12. The van der Waals surface area contributed by atoms with Crippen LogP contribution < -0.4 is 10.5 Å². The highest BCUT2D eigenvalue weighted by Crippen LogP contribution is 2.25. The first-order valence-electron chi connectivity index (χ1n) is 6.10. The third kappa shape index (κ3) is 2.58. The maximum Gasteiger partial charge on any atom is 0.243 e. The number of aromatic nitrogens is 2. The van der Waals surface area contributed by atoms with Crippen molar-refractivity contribution in [2.75, 3.05) is 5.73 Å². The molecule has 108 valence electrons. The lowest BCUT2D eigenvalue weighted by molar-refractivity contribution is 0.380. The van der Waals surface area contributed by atoms with Crippen molar-refractivity contribution in [1.29, 1.82) is 0 Å². The highest BCUT2D eigenvalue weighted by molar-refractivity contribution is 7.89. The summed E-state index contributed by atoms with van der Waals surface area (Å²) < 4.78 is 32.1. The van der Waals surface area contributed by atoms with E-state index in [0.717, 1.165) is 0 Å². The van der Waals surface area contributed by atoms with Crippen molar-refractivity contribution in [2.45, 2.75) is 11.4 Å². The number of nitrogens with zero attached hydrogens (tertiary/aromatic N) is 2. The summed E-state index contributed by atoms with van der Waals surface area (Å²) in [4.78, 5) is 4.19. The second kappa shape index (κ2) is 5.15. The summed E-state index contributed by atoms with van der Waals surface area (Å²) in [6.45, 7) is 0.0149. The Morgan fingerprint density at radius 3 is 2.81 bits per heavy atom. The van der Waals surface area contributed by atoms with Crippen molar-refractivity contribution in [3.8, 4) is 0 Å². The molecular formula is C13H12N4O3S. The van der Waals surface area contributed by atoms with Crippen molar-refractivity contribution in [1.82, 2.24) is 14.9 Å². The van der Waals surface area contributed by atoms with Gasteiger partial charge in [-0.15, -0.1) is 0 Å². The maximum atomic E-state index is 12.4. The first-order chi connectivity index (χ1) is 10.1. The van der Waals surface area contributed by atoms with Crippen LogP contribution in [0.5, 0.6) is 0 Å². The molecule has 0 unspecified atom stereocenters. The molecule has 0 saturated carbocycles. The van der Waals surface area contributed by atoms with E-state index in [1.807, 2.05) is 0 Å². The molecule has 3 rings (SSSR count). The first-order valence-corrected chi connectivity index (χ1v) is 7.59. The topological polar surface area (TPSA) is 111 Å². The summed E-state index contributed by atoms with van der Waals surface area (Å²) in [5.41, 5.74) is 6.66. The third-order valence-corrected chi connectivity index (χ3v) is 4.42. The van der Waals surface area contributed by atoms with Crippen molar-refractivity contribution in [3.05, 3.63) is 48.5 Å². The van der Waals surface area contributed by atoms with E-state index in [1.165, 1.54) is 18.5 Å². The van der Waals surface area contributed by atoms with E-state index >= 15 is 0 Å². The van der Waals surface area contributed by atoms with E-state index in [4.69, 9.17) is 10.3 Å². The van der Waals surface area contributed by atoms with Crippen molar-refractivity contribution in [2.24, 2.45) is 0 Å². The molecule has 1 aromatic carbocycles. The van der Waals surface area contributed by atoms with Crippen molar-refractivity contribution in [3.63, 3.8) is 0 Å². The highest BCUT2D eigenvalue weighted by Gasteiger charge is 2.19. The van der Waals surface area contributed by atoms with Crippen LogP contribution in [0.2, 0.25) is 0 Å². The van der Waals surface area contributed by atoms with Crippen LogP contribution in [0.15, 0.2) is 52.1 Å². The van der Waals surface area contributed by atoms with Crippen molar-refractivity contribution < 1.29 is 12.9 Å². The minimum Gasteiger partial charge on any atom is -0.398 e. The second-order valence-corrected chi connectivity index (χ2v) is 6.09. The molecule has 0 atom stereocenters. The molecule has 0 aliphatic heterocycles. The lowest BCUT2D eigenvalue weighted by atomic mass is 10.2. The fraction of sp³-hybridized carbons (Fsp3) is 0.0769. The van der Waals surface area contributed by atoms with E-state index in [1.54, 1.807) is 24.3 Å². The van der Waals surface area contributed by atoms with Crippen molar-refractivity contribution >= 4 is 26.6 Å². The highest BCUT2D eigenvalue weighted by atomic mass is 32.2. The van der Waals surface area contributed by atoms with E-state index in [-0.39, 0.29) is 11.4 Å². The number of nitrogen functional groups attached to an aromatic ring is 1. The summed E-state index contributed by atoms with van der Waals surface area (Å²) >= 11 is 0. The Morgan fingerprint density at radius 1 is 1.19 bits per heavy atom. The molecule has 0 aliphatic rings. The van der Waals surface area contributed by atoms with Crippen LogP contribution in [0.3, 0.4) is 0 Å². The lowest BCUT2D eigenvalue weighted by Gasteiger charge is -2.09. The molecule has 0 spiro atoms. The summed E-state index contributed by atoms with van der Waals surface area (Å²) in [5, 5.41) is 4.12. The number of pyridine rings is 1. The van der Waals surface area contributed by atoms with Crippen LogP contribution in [0.25, 0.3) is 10.9 Å². The molecule has 2 aromatic heterocycles. The number of rotatable bonds is 4. The zero-order valence-electron chi connectivity index (χ0n) is 10.9. The van der Waals surface area contributed by atoms with Crippen LogP contribution in [0.1, 0.15) is 5.76 Å². The van der Waals surface area contributed by atoms with Crippen LogP contribution in [0, 0.1) is 0 Å². The molecule has 0 saturated heterocycles. The number of hydrogen-bond acceptors (Lipinski definition) is 6. The molecule has 7 nitrogen and oxygen atoms in total. The largest absolute Gasteiger partial charge is 0.398 e. The molecule has 0 fully saturated rings. The summed E-state index contributed by atoms with van der Waals surface area (Å²) in [6.07, 6.45) is 2.97. The molecule has 8 heteroatoms. The Balaban J connectivity index is 2.01. The Bertz CT molecular complexity index is 876. The summed E-state index contributed by atoms with van der Waals surface area (Å²) in [7, 11) is -3.74. The van der Waals surface area contributed by atoms with Crippen LogP contribution in [-0.2, 0) is 16.6 Å². The standard InChI is InChI=1S/C13H12N4O3S/c14-11-3-4-12(13-10(11)2-1-6-15-13)21(18,19)17-8-9-5-7-16-20-9/h1-7,17H,8,14H2. The van der Waals surface area contributed by atoms with Gasteiger partial charge in [-0.1, -0.05) is 5.16 Å². The number of sulfonamides is 1. The van der Waals surface area contributed by atoms with E-state index in [0.29, 0.717) is 22.4 Å². The number of fused-ring (bicyclic) bond motifs is 1. The molecule has 0 aliphatic carbocycles. The van der Waals surface area contributed by atoms with Crippen LogP contribution in [-0.4, -0.2) is 18.6 Å². The fourth-order valence-electron chi connectivity index (χ4n) is 1.96. The molecule has 2 heterocycles. The molecule has 0 bridgehead atoms. The number of hydrogen-bond donors (Lipinski definition) is 2. The normalized spacial score (nSPS) is 11.8. The third-order valence-electron chi connectivity index (χ3n) is 2.98. The second-order valence-electron chi connectivity index (χ2n) is 4.36. The van der Waals surface area contributed by atoms with E-state index in [2.05, 4.69) is 14.9 Å². The van der Waals surface area contributed by atoms with Gasteiger partial charge in [0.05, 0.1) is 18.3 Å². The van der Waals surface area contributed by atoms with Gasteiger partial charge in [0.25, 0.3) is 0 Å². The van der Waals surface area contributed by atoms with Gasteiger partial charge in [-0.3, -0.25) is 4.98 Å². The van der Waals surface area contributed by atoms with Gasteiger partial charge >= 0.3 is 0 Å². The molecule has 21 heavy (non-hydrogen) atoms. The Hall–Kier alpha value is -2.45. The smallest absolute Gasteiger partial charge is 0.243 e. The average molecular weight is 304 g/mol. The monoisotopic (exact) mass is 304 g/mol. The summed E-state index contributed by atoms with van der Waals surface area (Å²) in [6, 6.07) is 8.01. The Morgan fingerprint density at radius 2 is 2.05 bits per heavy atom. The Kier molecular flexibility index (Phi) is 3.32. The van der Waals surface area contributed by atoms with Gasteiger partial charge in [-0.25, -0.2) is 13.1 Å². The zero-order chi connectivity index (χ0) is 14.9. The maximum absolute atomic E-state index is 12.4. The molecule has 0 radical (unpaired) electrons. The average Bonchev–Trinajstić information content (AvgIpc) is 2.99. The first kappa shape index (κ1) is 13.5. The van der Waals surface area contributed by atoms with E-state index in [9.17, 15) is 8.42 Å². The number of nitrogens with two attached hydrogens (primary N) is 1. The summed E-state index contributed by atoms with van der Waals surface area (Å²) in [5.74, 6) is 0.422. The van der Waals surface area contributed by atoms with Gasteiger partial charge in [0, 0.05) is 23.3 Å². The van der Waals surface area contributed by atoms with Crippen LogP contribution in [0.4, 0.5) is 5.69 Å². The van der Waals surface area contributed by atoms with Gasteiger partial charge in [0.1, 0.15) is 4.90 Å². The van der Waals surface area contributed by atoms with Crippen LogP contribution >= 0.6 is 0 Å². The molecule has 3 aromatic rings. The Labute approximate surface area is 120 Å². The minimum absolute atomic E-state index is 0.0149. The van der Waals surface area contributed by atoms with Gasteiger partial charge in [-0.05, 0) is 24.3 Å².